The van der Waals surface area contributed by atoms with Crippen LogP contribution in [-0.4, -0.2) is 20.7 Å². The standard InChI is InChI=1S/C21H19N5OS/c1-14(27)23-18-6-3-7-19(11-18)26-20(17-8-9-17)24-25-21(26)28-13-16-5-2-4-15(10-16)12-22/h2-7,10-11,17H,8-9,13H2,1H3,(H,23,27). The summed E-state index contributed by atoms with van der Waals surface area (Å²) in [5, 5.41) is 21.6. The van der Waals surface area contributed by atoms with Crippen molar-refractivity contribution < 1.29 is 4.79 Å². The van der Waals surface area contributed by atoms with Gasteiger partial charge in [-0.1, -0.05) is 30.0 Å². The zero-order valence-corrected chi connectivity index (χ0v) is 16.2. The molecular weight excluding hydrogens is 370 g/mol. The molecule has 1 aromatic heterocycles. The molecule has 4 rings (SSSR count). The number of nitrogens with zero attached hydrogens (tertiary/aromatic N) is 4. The Labute approximate surface area is 167 Å². The maximum absolute atomic E-state index is 11.4. The van der Waals surface area contributed by atoms with Gasteiger partial charge in [-0.05, 0) is 48.7 Å². The van der Waals surface area contributed by atoms with Crippen LogP contribution in [0.3, 0.4) is 0 Å². The molecule has 1 amide bonds. The molecule has 0 unspecified atom stereocenters. The van der Waals surface area contributed by atoms with Crippen LogP contribution in [0.4, 0.5) is 5.69 Å². The number of nitriles is 1. The normalized spacial score (nSPS) is 13.1. The van der Waals surface area contributed by atoms with Gasteiger partial charge in [0.25, 0.3) is 0 Å². The first-order valence-electron chi connectivity index (χ1n) is 9.09. The lowest BCUT2D eigenvalue weighted by Gasteiger charge is -2.12. The number of amides is 1. The zero-order valence-electron chi connectivity index (χ0n) is 15.4. The van der Waals surface area contributed by atoms with E-state index in [0.29, 0.717) is 17.2 Å². The fraction of sp³-hybridized carbons (Fsp3) is 0.238. The van der Waals surface area contributed by atoms with Crippen LogP contribution in [0.25, 0.3) is 5.69 Å². The molecule has 0 radical (unpaired) electrons. The summed E-state index contributed by atoms with van der Waals surface area (Å²) in [5.41, 5.74) is 3.41. The molecule has 0 spiro atoms. The van der Waals surface area contributed by atoms with Crippen molar-refractivity contribution in [1.82, 2.24) is 14.8 Å². The second-order valence-electron chi connectivity index (χ2n) is 6.78. The highest BCUT2D eigenvalue weighted by Gasteiger charge is 2.31. The molecule has 1 heterocycles. The molecule has 0 bridgehead atoms. The van der Waals surface area contributed by atoms with Gasteiger partial charge in [-0.15, -0.1) is 10.2 Å². The van der Waals surface area contributed by atoms with Crippen molar-refractivity contribution in [1.29, 1.82) is 5.26 Å². The highest BCUT2D eigenvalue weighted by atomic mass is 32.2. The van der Waals surface area contributed by atoms with E-state index in [2.05, 4.69) is 26.2 Å². The second kappa shape index (κ2) is 7.87. The monoisotopic (exact) mass is 389 g/mol. The average molecular weight is 389 g/mol. The van der Waals surface area contributed by atoms with E-state index in [1.807, 2.05) is 42.5 Å². The summed E-state index contributed by atoms with van der Waals surface area (Å²) in [6.45, 7) is 1.50. The Bertz CT molecular complexity index is 1060. The number of anilines is 1. The predicted molar refractivity (Wildman–Crippen MR) is 108 cm³/mol. The summed E-state index contributed by atoms with van der Waals surface area (Å²) in [6.07, 6.45) is 2.25. The van der Waals surface area contributed by atoms with Gasteiger partial charge in [-0.3, -0.25) is 9.36 Å². The molecule has 0 saturated heterocycles. The summed E-state index contributed by atoms with van der Waals surface area (Å²) >= 11 is 1.59. The summed E-state index contributed by atoms with van der Waals surface area (Å²) in [7, 11) is 0. The van der Waals surface area contributed by atoms with Crippen molar-refractivity contribution in [2.45, 2.75) is 36.6 Å². The van der Waals surface area contributed by atoms with E-state index in [0.717, 1.165) is 40.8 Å². The number of rotatable bonds is 6. The maximum atomic E-state index is 11.4. The Kier molecular flexibility index (Phi) is 5.13. The molecule has 7 heteroatoms. The third-order valence-electron chi connectivity index (χ3n) is 4.45. The van der Waals surface area contributed by atoms with Crippen molar-refractivity contribution >= 4 is 23.4 Å². The largest absolute Gasteiger partial charge is 0.326 e. The van der Waals surface area contributed by atoms with E-state index < -0.39 is 0 Å². The lowest BCUT2D eigenvalue weighted by Crippen LogP contribution is -2.07. The van der Waals surface area contributed by atoms with Crippen LogP contribution in [0.2, 0.25) is 0 Å². The van der Waals surface area contributed by atoms with Crippen LogP contribution in [0.1, 0.15) is 42.6 Å². The summed E-state index contributed by atoms with van der Waals surface area (Å²) in [5.74, 6) is 2.00. The van der Waals surface area contributed by atoms with Gasteiger partial charge in [0, 0.05) is 24.3 Å². The van der Waals surface area contributed by atoms with E-state index in [-0.39, 0.29) is 5.91 Å². The fourth-order valence-corrected chi connectivity index (χ4v) is 3.93. The van der Waals surface area contributed by atoms with Gasteiger partial charge in [0.1, 0.15) is 5.82 Å². The van der Waals surface area contributed by atoms with Gasteiger partial charge in [-0.25, -0.2) is 0 Å². The quantitative estimate of drug-likeness (QED) is 0.637. The molecule has 3 aromatic rings. The summed E-state index contributed by atoms with van der Waals surface area (Å²) in [4.78, 5) is 11.4. The lowest BCUT2D eigenvalue weighted by molar-refractivity contribution is -0.114. The van der Waals surface area contributed by atoms with Crippen molar-refractivity contribution in [3.63, 3.8) is 0 Å². The molecule has 28 heavy (non-hydrogen) atoms. The molecule has 0 atom stereocenters. The molecule has 140 valence electrons. The van der Waals surface area contributed by atoms with Crippen molar-refractivity contribution in [2.75, 3.05) is 5.32 Å². The Morgan fingerprint density at radius 2 is 2.07 bits per heavy atom. The van der Waals surface area contributed by atoms with E-state index in [4.69, 9.17) is 5.26 Å². The third-order valence-corrected chi connectivity index (χ3v) is 5.45. The number of carbonyl (C=O) groups is 1. The minimum Gasteiger partial charge on any atom is -0.326 e. The molecule has 1 saturated carbocycles. The predicted octanol–water partition coefficient (Wildman–Crippen LogP) is 4.27. The number of benzene rings is 2. The van der Waals surface area contributed by atoms with Crippen molar-refractivity contribution in [2.24, 2.45) is 0 Å². The number of hydrogen-bond donors (Lipinski definition) is 1. The Morgan fingerprint density at radius 1 is 1.25 bits per heavy atom. The number of aromatic nitrogens is 3. The highest BCUT2D eigenvalue weighted by Crippen LogP contribution is 2.41. The molecule has 0 aliphatic heterocycles. The first kappa shape index (κ1) is 18.3. The van der Waals surface area contributed by atoms with Crippen LogP contribution < -0.4 is 5.32 Å². The van der Waals surface area contributed by atoms with Crippen LogP contribution in [0.15, 0.2) is 53.7 Å². The minimum absolute atomic E-state index is 0.102. The summed E-state index contributed by atoms with van der Waals surface area (Å²) < 4.78 is 2.09. The lowest BCUT2D eigenvalue weighted by atomic mass is 10.2. The smallest absolute Gasteiger partial charge is 0.221 e. The van der Waals surface area contributed by atoms with Gasteiger partial charge >= 0.3 is 0 Å². The third kappa shape index (κ3) is 4.07. The van der Waals surface area contributed by atoms with Gasteiger partial charge < -0.3 is 5.32 Å². The van der Waals surface area contributed by atoms with Crippen LogP contribution >= 0.6 is 11.8 Å². The first-order chi connectivity index (χ1) is 13.6. The molecule has 1 aliphatic carbocycles. The van der Waals surface area contributed by atoms with Gasteiger partial charge in [-0.2, -0.15) is 5.26 Å². The second-order valence-corrected chi connectivity index (χ2v) is 7.73. The van der Waals surface area contributed by atoms with Gasteiger partial charge in [0.05, 0.1) is 17.3 Å². The Morgan fingerprint density at radius 3 is 2.82 bits per heavy atom. The number of hydrogen-bond acceptors (Lipinski definition) is 5. The van der Waals surface area contributed by atoms with E-state index in [1.165, 1.54) is 6.92 Å². The highest BCUT2D eigenvalue weighted by molar-refractivity contribution is 7.98. The maximum Gasteiger partial charge on any atom is 0.221 e. The molecule has 1 N–H and O–H groups in total. The van der Waals surface area contributed by atoms with Crippen LogP contribution in [-0.2, 0) is 10.5 Å². The average Bonchev–Trinajstić information content (AvgIpc) is 3.45. The fourth-order valence-electron chi connectivity index (χ4n) is 3.03. The number of carbonyl (C=O) groups excluding carboxylic acids is 1. The minimum atomic E-state index is -0.102. The van der Waals surface area contributed by atoms with Crippen LogP contribution in [0.5, 0.6) is 0 Å². The van der Waals surface area contributed by atoms with Crippen molar-refractivity contribution in [3.8, 4) is 11.8 Å². The van der Waals surface area contributed by atoms with Gasteiger partial charge in [0.2, 0.25) is 5.91 Å². The van der Waals surface area contributed by atoms with E-state index in [1.54, 1.807) is 17.8 Å². The molecule has 1 aliphatic rings. The molecule has 1 fully saturated rings. The summed E-state index contributed by atoms with van der Waals surface area (Å²) in [6, 6.07) is 17.5. The Hall–Kier alpha value is -3.11. The van der Waals surface area contributed by atoms with Crippen LogP contribution in [0, 0.1) is 11.3 Å². The van der Waals surface area contributed by atoms with E-state index in [9.17, 15) is 4.79 Å². The molecule has 6 nitrogen and oxygen atoms in total. The molecule has 2 aromatic carbocycles. The number of nitrogens with one attached hydrogen (secondary N) is 1. The van der Waals surface area contributed by atoms with Gasteiger partial charge in [0.15, 0.2) is 5.16 Å². The number of thioether (sulfide) groups is 1. The molecular formula is C21H19N5OS. The zero-order chi connectivity index (χ0) is 19.5. The topological polar surface area (TPSA) is 83.6 Å². The Balaban J connectivity index is 1.64. The SMILES string of the molecule is CC(=O)Nc1cccc(-n2c(SCc3cccc(C#N)c3)nnc2C2CC2)c1. The van der Waals surface area contributed by atoms with Crippen molar-refractivity contribution in [3.05, 3.63) is 65.5 Å². The first-order valence-corrected chi connectivity index (χ1v) is 10.1. The van der Waals surface area contributed by atoms with E-state index >= 15 is 0 Å².